The van der Waals surface area contributed by atoms with Gasteiger partial charge in [0.25, 0.3) is 0 Å². The molecule has 0 unspecified atom stereocenters. The third kappa shape index (κ3) is 4.73. The predicted molar refractivity (Wildman–Crippen MR) is 96.4 cm³/mol. The molecule has 0 aromatic rings. The first kappa shape index (κ1) is 21.1. The molecule has 148 valence electrons. The third-order valence-electron chi connectivity index (χ3n) is 5.00. The second-order valence-electron chi connectivity index (χ2n) is 7.31. The standard InChI is InChI=1S/C20H26O7/c1-5-11(2)18(23)27-16-9-20(4,25)7-6-14(22)13(10-21)8-15-17(16)12(3)19(24)26-15/h6-8,11,15-17,21,25H,3,5,9-10H2,1-2,4H3/b7-6+,13-8-/t11-,15-,16+,17-,20+/m0/s1. The molecule has 1 saturated heterocycles. The first-order valence-corrected chi connectivity index (χ1v) is 8.97. The molecule has 0 saturated carbocycles. The van der Waals surface area contributed by atoms with Gasteiger partial charge in [-0.2, -0.15) is 0 Å². The van der Waals surface area contributed by atoms with Crippen molar-refractivity contribution in [1.82, 2.24) is 0 Å². The highest BCUT2D eigenvalue weighted by molar-refractivity contribution is 6.04. The van der Waals surface area contributed by atoms with E-state index in [2.05, 4.69) is 6.58 Å². The molecule has 1 heterocycles. The largest absolute Gasteiger partial charge is 0.461 e. The summed E-state index contributed by atoms with van der Waals surface area (Å²) in [4.78, 5) is 36.7. The van der Waals surface area contributed by atoms with Crippen LogP contribution in [0.25, 0.3) is 0 Å². The highest BCUT2D eigenvalue weighted by Crippen LogP contribution is 2.37. The number of hydrogen-bond donors (Lipinski definition) is 2. The lowest BCUT2D eigenvalue weighted by molar-refractivity contribution is -0.159. The molecule has 2 N–H and O–H groups in total. The van der Waals surface area contributed by atoms with E-state index in [0.717, 1.165) is 6.08 Å². The number of aliphatic hydroxyl groups is 2. The maximum Gasteiger partial charge on any atom is 0.334 e. The smallest absolute Gasteiger partial charge is 0.334 e. The molecular formula is C20H26O7. The van der Waals surface area contributed by atoms with Crippen LogP contribution in [0, 0.1) is 11.8 Å². The van der Waals surface area contributed by atoms with Gasteiger partial charge in [0.1, 0.15) is 12.2 Å². The predicted octanol–water partition coefficient (Wildman–Crippen LogP) is 1.24. The number of allylic oxidation sites excluding steroid dienone is 1. The molecule has 0 aromatic heterocycles. The summed E-state index contributed by atoms with van der Waals surface area (Å²) in [5.74, 6) is -2.73. The molecule has 1 fully saturated rings. The maximum absolute atomic E-state index is 12.4. The second kappa shape index (κ2) is 8.19. The number of fused-ring (bicyclic) bond motifs is 1. The average molecular weight is 378 g/mol. The summed E-state index contributed by atoms with van der Waals surface area (Å²) in [6.45, 7) is 8.24. The molecule has 27 heavy (non-hydrogen) atoms. The molecule has 0 radical (unpaired) electrons. The molecule has 7 nitrogen and oxygen atoms in total. The lowest BCUT2D eigenvalue weighted by Crippen LogP contribution is -2.40. The van der Waals surface area contributed by atoms with Crippen LogP contribution < -0.4 is 0 Å². The highest BCUT2D eigenvalue weighted by Gasteiger charge is 2.46. The van der Waals surface area contributed by atoms with Crippen LogP contribution in [-0.2, 0) is 23.9 Å². The van der Waals surface area contributed by atoms with Gasteiger partial charge >= 0.3 is 11.9 Å². The molecule has 0 amide bonds. The monoisotopic (exact) mass is 378 g/mol. The Morgan fingerprint density at radius 3 is 2.74 bits per heavy atom. The Hall–Kier alpha value is -2.25. The number of hydrogen-bond acceptors (Lipinski definition) is 7. The molecular weight excluding hydrogens is 352 g/mol. The van der Waals surface area contributed by atoms with Crippen molar-refractivity contribution in [2.75, 3.05) is 6.61 Å². The van der Waals surface area contributed by atoms with Gasteiger partial charge < -0.3 is 19.7 Å². The van der Waals surface area contributed by atoms with Crippen molar-refractivity contribution in [3.63, 3.8) is 0 Å². The molecule has 2 rings (SSSR count). The fraction of sp³-hybridized carbons (Fsp3) is 0.550. The van der Waals surface area contributed by atoms with Crippen LogP contribution in [0.3, 0.4) is 0 Å². The van der Waals surface area contributed by atoms with Gasteiger partial charge in [-0.05, 0) is 31.6 Å². The summed E-state index contributed by atoms with van der Waals surface area (Å²) < 4.78 is 10.9. The number of rotatable bonds is 4. The zero-order valence-electron chi connectivity index (χ0n) is 15.8. The Labute approximate surface area is 158 Å². The summed E-state index contributed by atoms with van der Waals surface area (Å²) in [6.07, 6.45) is 2.53. The van der Waals surface area contributed by atoms with E-state index in [4.69, 9.17) is 9.47 Å². The molecule has 0 aromatic carbocycles. The van der Waals surface area contributed by atoms with E-state index in [0.29, 0.717) is 6.42 Å². The van der Waals surface area contributed by atoms with Crippen LogP contribution in [0.2, 0.25) is 0 Å². The van der Waals surface area contributed by atoms with Crippen molar-refractivity contribution < 1.29 is 34.1 Å². The average Bonchev–Trinajstić information content (AvgIpc) is 2.89. The van der Waals surface area contributed by atoms with Gasteiger partial charge in [-0.3, -0.25) is 9.59 Å². The van der Waals surface area contributed by atoms with Gasteiger partial charge in [0.05, 0.1) is 24.0 Å². The minimum Gasteiger partial charge on any atom is -0.461 e. The maximum atomic E-state index is 12.4. The second-order valence-corrected chi connectivity index (χ2v) is 7.31. The van der Waals surface area contributed by atoms with Crippen LogP contribution in [0.5, 0.6) is 0 Å². The van der Waals surface area contributed by atoms with Crippen LogP contribution in [-0.4, -0.2) is 52.4 Å². The normalized spacial score (nSPS) is 35.5. The van der Waals surface area contributed by atoms with E-state index in [9.17, 15) is 24.6 Å². The fourth-order valence-electron chi connectivity index (χ4n) is 3.10. The van der Waals surface area contributed by atoms with Crippen molar-refractivity contribution >= 4 is 17.7 Å². The van der Waals surface area contributed by atoms with Gasteiger partial charge in [0.15, 0.2) is 5.78 Å². The third-order valence-corrected chi connectivity index (χ3v) is 5.00. The lowest BCUT2D eigenvalue weighted by Gasteiger charge is -2.32. The Bertz CT molecular complexity index is 701. The number of carbonyl (C=O) groups is 3. The molecule has 0 spiro atoms. The minimum absolute atomic E-state index is 0.0217. The Morgan fingerprint density at radius 2 is 2.15 bits per heavy atom. The van der Waals surface area contributed by atoms with E-state index in [1.54, 1.807) is 6.92 Å². The molecule has 1 aliphatic heterocycles. The molecule has 0 bridgehead atoms. The zero-order chi connectivity index (χ0) is 20.4. The first-order valence-electron chi connectivity index (χ1n) is 8.97. The Kier molecular flexibility index (Phi) is 6.38. The van der Waals surface area contributed by atoms with E-state index in [1.807, 2.05) is 6.92 Å². The Balaban J connectivity index is 2.50. The van der Waals surface area contributed by atoms with Crippen molar-refractivity contribution in [1.29, 1.82) is 0 Å². The quantitative estimate of drug-likeness (QED) is 0.559. The van der Waals surface area contributed by atoms with Crippen LogP contribution in [0.4, 0.5) is 0 Å². The number of ketones is 1. The van der Waals surface area contributed by atoms with Gasteiger partial charge in [0.2, 0.25) is 0 Å². The molecule has 2 aliphatic rings. The zero-order valence-corrected chi connectivity index (χ0v) is 15.8. The number of aliphatic hydroxyl groups excluding tert-OH is 1. The van der Waals surface area contributed by atoms with Crippen molar-refractivity contribution in [3.05, 3.63) is 36.0 Å². The van der Waals surface area contributed by atoms with E-state index >= 15 is 0 Å². The Morgan fingerprint density at radius 1 is 1.48 bits per heavy atom. The van der Waals surface area contributed by atoms with Crippen LogP contribution in [0.1, 0.15) is 33.6 Å². The summed E-state index contributed by atoms with van der Waals surface area (Å²) in [5, 5.41) is 20.2. The molecule has 5 atom stereocenters. The summed E-state index contributed by atoms with van der Waals surface area (Å²) in [5.41, 5.74) is -1.36. The van der Waals surface area contributed by atoms with Gasteiger partial charge in [0, 0.05) is 17.6 Å². The minimum atomic E-state index is -1.48. The van der Waals surface area contributed by atoms with Crippen molar-refractivity contribution in [2.45, 2.75) is 51.4 Å². The van der Waals surface area contributed by atoms with Crippen molar-refractivity contribution in [2.24, 2.45) is 11.8 Å². The molecule has 7 heteroatoms. The van der Waals surface area contributed by atoms with E-state index in [1.165, 1.54) is 19.1 Å². The number of ether oxygens (including phenoxy) is 2. The van der Waals surface area contributed by atoms with Crippen molar-refractivity contribution in [3.8, 4) is 0 Å². The van der Waals surface area contributed by atoms with Crippen LogP contribution >= 0.6 is 0 Å². The lowest BCUT2D eigenvalue weighted by atomic mass is 9.82. The highest BCUT2D eigenvalue weighted by atomic mass is 16.6. The summed E-state index contributed by atoms with van der Waals surface area (Å²) >= 11 is 0. The SMILES string of the molecule is C=C1C(=O)O[C@H]2/C=C(/CO)C(=O)/C=C/[C@@](C)(O)C[C@@H](OC(=O)[C@@H](C)CC)[C@@H]12. The van der Waals surface area contributed by atoms with E-state index < -0.39 is 48.1 Å². The fourth-order valence-corrected chi connectivity index (χ4v) is 3.10. The first-order chi connectivity index (χ1) is 12.6. The topological polar surface area (TPSA) is 110 Å². The van der Waals surface area contributed by atoms with E-state index in [-0.39, 0.29) is 23.5 Å². The summed E-state index contributed by atoms with van der Waals surface area (Å²) in [6, 6.07) is 0. The van der Waals surface area contributed by atoms with Crippen LogP contribution in [0.15, 0.2) is 36.0 Å². The van der Waals surface area contributed by atoms with Gasteiger partial charge in [-0.1, -0.05) is 20.4 Å². The number of esters is 2. The van der Waals surface area contributed by atoms with Gasteiger partial charge in [-0.25, -0.2) is 4.79 Å². The van der Waals surface area contributed by atoms with Gasteiger partial charge in [-0.15, -0.1) is 0 Å². The molecule has 1 aliphatic carbocycles. The summed E-state index contributed by atoms with van der Waals surface area (Å²) in [7, 11) is 0. The number of carbonyl (C=O) groups excluding carboxylic acids is 3.